The highest BCUT2D eigenvalue weighted by Gasteiger charge is 2.26. The molecule has 0 aliphatic rings. The molecule has 0 radical (unpaired) electrons. The molecule has 0 fully saturated rings. The smallest absolute Gasteiger partial charge is 0.407 e. The quantitative estimate of drug-likeness (QED) is 0.419. The fourth-order valence-electron chi connectivity index (χ4n) is 3.34. The Kier molecular flexibility index (Phi) is 10.4. The predicted octanol–water partition coefficient (Wildman–Crippen LogP) is 2.97. The van der Waals surface area contributed by atoms with Crippen molar-refractivity contribution in [3.8, 4) is 0 Å². The number of aliphatic hydroxyl groups excluding tert-OH is 1. The van der Waals surface area contributed by atoms with Crippen molar-refractivity contribution in [2.24, 2.45) is 0 Å². The maximum Gasteiger partial charge on any atom is 0.407 e. The highest BCUT2D eigenvalue weighted by molar-refractivity contribution is 7.89. The number of hydrogen-bond donors (Lipinski definition) is 3. The third kappa shape index (κ3) is 9.96. The molecule has 0 saturated heterocycles. The van der Waals surface area contributed by atoms with Gasteiger partial charge in [-0.25, -0.2) is 13.2 Å². The average molecular weight is 520 g/mol. The Morgan fingerprint density at radius 1 is 1.06 bits per heavy atom. The highest BCUT2D eigenvalue weighted by Crippen LogP contribution is 2.13. The minimum atomic E-state index is -3.90. The first-order chi connectivity index (χ1) is 16.8. The number of rotatable bonds is 11. The molecular formula is C26H37N3O6S. The van der Waals surface area contributed by atoms with Gasteiger partial charge >= 0.3 is 6.09 Å². The van der Waals surface area contributed by atoms with Crippen LogP contribution in [0, 0.1) is 6.92 Å². The molecule has 0 bridgehead atoms. The lowest BCUT2D eigenvalue weighted by Gasteiger charge is -2.27. The van der Waals surface area contributed by atoms with E-state index in [1.165, 1.54) is 24.0 Å². The van der Waals surface area contributed by atoms with E-state index < -0.39 is 39.8 Å². The molecule has 2 amide bonds. The molecule has 36 heavy (non-hydrogen) atoms. The first kappa shape index (κ1) is 29.3. The molecule has 198 valence electrons. The number of aliphatic hydroxyl groups is 1. The van der Waals surface area contributed by atoms with Crippen LogP contribution in [0.25, 0.3) is 0 Å². The van der Waals surface area contributed by atoms with Crippen molar-refractivity contribution < 1.29 is 27.9 Å². The summed E-state index contributed by atoms with van der Waals surface area (Å²) in [6.45, 7) is 8.92. The zero-order valence-electron chi connectivity index (χ0n) is 21.5. The summed E-state index contributed by atoms with van der Waals surface area (Å²) in [5.41, 5.74) is 1.13. The van der Waals surface area contributed by atoms with Gasteiger partial charge in [0.05, 0.1) is 17.0 Å². The third-order valence-electron chi connectivity index (χ3n) is 5.17. The third-order valence-corrected chi connectivity index (χ3v) is 6.73. The van der Waals surface area contributed by atoms with E-state index in [0.717, 1.165) is 11.1 Å². The largest absolute Gasteiger partial charge is 0.444 e. The molecule has 0 aromatic heterocycles. The molecule has 2 atom stereocenters. The summed E-state index contributed by atoms with van der Waals surface area (Å²) in [6.07, 6.45) is -1.40. The van der Waals surface area contributed by atoms with E-state index in [4.69, 9.17) is 4.74 Å². The Hall–Kier alpha value is -2.95. The molecule has 0 heterocycles. The summed E-state index contributed by atoms with van der Waals surface area (Å²) in [7, 11) is -3.90. The molecule has 10 heteroatoms. The standard InChI is InChI=1S/C26H37N3O6S/c1-19-11-13-23(14-12-19)36(33,34)28-20(2)24(31)29(18-21-9-7-6-8-10-21)16-15-22(30)17-27-25(32)35-26(3,4)5/h6-14,20,22,28,30H,15-18H2,1-5H3,(H,27,32). The van der Waals surface area contributed by atoms with Gasteiger partial charge in [0.2, 0.25) is 15.9 Å². The Balaban J connectivity index is 2.05. The van der Waals surface area contributed by atoms with Crippen LogP contribution in [0.15, 0.2) is 59.5 Å². The minimum Gasteiger partial charge on any atom is -0.444 e. The Bertz CT molecular complexity index is 1100. The van der Waals surface area contributed by atoms with Crippen LogP contribution >= 0.6 is 0 Å². The lowest BCUT2D eigenvalue weighted by Crippen LogP contribution is -2.47. The summed E-state index contributed by atoms with van der Waals surface area (Å²) in [5.74, 6) is -0.429. The maximum atomic E-state index is 13.3. The zero-order chi connectivity index (χ0) is 26.9. The SMILES string of the molecule is Cc1ccc(S(=O)(=O)NC(C)C(=O)N(CCC(O)CNC(=O)OC(C)(C)C)Cc2ccccc2)cc1. The second-order valence-electron chi connectivity index (χ2n) is 9.73. The van der Waals surface area contributed by atoms with Crippen LogP contribution in [-0.2, 0) is 26.1 Å². The van der Waals surface area contributed by atoms with Crippen molar-refractivity contribution >= 4 is 22.0 Å². The summed E-state index contributed by atoms with van der Waals surface area (Å²) in [5, 5.41) is 12.9. The van der Waals surface area contributed by atoms with Crippen molar-refractivity contribution in [3.63, 3.8) is 0 Å². The van der Waals surface area contributed by atoms with Gasteiger partial charge in [0.25, 0.3) is 0 Å². The Morgan fingerprint density at radius 2 is 1.67 bits per heavy atom. The molecule has 0 spiro atoms. The van der Waals surface area contributed by atoms with Gasteiger partial charge < -0.3 is 20.1 Å². The van der Waals surface area contributed by atoms with Gasteiger partial charge in [0.1, 0.15) is 5.60 Å². The van der Waals surface area contributed by atoms with E-state index in [2.05, 4.69) is 10.0 Å². The van der Waals surface area contributed by atoms with E-state index in [-0.39, 0.29) is 31.0 Å². The topological polar surface area (TPSA) is 125 Å². The number of nitrogens with one attached hydrogen (secondary N) is 2. The number of sulfonamides is 1. The average Bonchev–Trinajstić information content (AvgIpc) is 2.79. The van der Waals surface area contributed by atoms with Crippen molar-refractivity contribution in [1.29, 1.82) is 0 Å². The van der Waals surface area contributed by atoms with Gasteiger partial charge in [-0.2, -0.15) is 4.72 Å². The molecule has 0 aliphatic heterocycles. The monoisotopic (exact) mass is 519 g/mol. The fraction of sp³-hybridized carbons (Fsp3) is 0.462. The predicted molar refractivity (Wildman–Crippen MR) is 138 cm³/mol. The van der Waals surface area contributed by atoms with Crippen LogP contribution in [0.2, 0.25) is 0 Å². The molecular weight excluding hydrogens is 482 g/mol. The van der Waals surface area contributed by atoms with Gasteiger partial charge in [0.15, 0.2) is 0 Å². The van der Waals surface area contributed by atoms with Crippen molar-refractivity contribution in [1.82, 2.24) is 14.9 Å². The van der Waals surface area contributed by atoms with Crippen molar-refractivity contribution in [2.45, 2.75) is 70.2 Å². The van der Waals surface area contributed by atoms with E-state index in [1.807, 2.05) is 37.3 Å². The Labute approximate surface area is 213 Å². The lowest BCUT2D eigenvalue weighted by atomic mass is 10.1. The van der Waals surface area contributed by atoms with Gasteiger partial charge in [0, 0.05) is 19.6 Å². The van der Waals surface area contributed by atoms with Crippen LogP contribution in [0.5, 0.6) is 0 Å². The first-order valence-electron chi connectivity index (χ1n) is 11.8. The molecule has 9 nitrogen and oxygen atoms in total. The molecule has 2 unspecified atom stereocenters. The number of carbonyl (C=O) groups is 2. The minimum absolute atomic E-state index is 0.0438. The Morgan fingerprint density at radius 3 is 2.25 bits per heavy atom. The van der Waals surface area contributed by atoms with E-state index in [0.29, 0.717) is 0 Å². The molecule has 0 aliphatic carbocycles. The maximum absolute atomic E-state index is 13.3. The molecule has 3 N–H and O–H groups in total. The number of aryl methyl sites for hydroxylation is 1. The number of ether oxygens (including phenoxy) is 1. The van der Waals surface area contributed by atoms with E-state index in [1.54, 1.807) is 32.9 Å². The number of nitrogens with zero attached hydrogens (tertiary/aromatic N) is 1. The summed E-state index contributed by atoms with van der Waals surface area (Å²) in [4.78, 5) is 26.7. The molecule has 2 rings (SSSR count). The van der Waals surface area contributed by atoms with Crippen LogP contribution in [-0.4, -0.2) is 61.3 Å². The highest BCUT2D eigenvalue weighted by atomic mass is 32.2. The van der Waals surface area contributed by atoms with Gasteiger partial charge in [-0.3, -0.25) is 4.79 Å². The number of alkyl carbamates (subject to hydrolysis) is 1. The van der Waals surface area contributed by atoms with Gasteiger partial charge in [-0.15, -0.1) is 0 Å². The summed E-state index contributed by atoms with van der Waals surface area (Å²) >= 11 is 0. The fourth-order valence-corrected chi connectivity index (χ4v) is 4.53. The van der Waals surface area contributed by atoms with Crippen molar-refractivity contribution in [3.05, 3.63) is 65.7 Å². The van der Waals surface area contributed by atoms with Gasteiger partial charge in [-0.1, -0.05) is 48.0 Å². The van der Waals surface area contributed by atoms with Crippen LogP contribution < -0.4 is 10.0 Å². The van der Waals surface area contributed by atoms with E-state index in [9.17, 15) is 23.1 Å². The molecule has 2 aromatic carbocycles. The second kappa shape index (κ2) is 12.8. The number of benzene rings is 2. The van der Waals surface area contributed by atoms with Gasteiger partial charge in [-0.05, 0) is 58.7 Å². The summed E-state index contributed by atoms with van der Waals surface area (Å²) in [6, 6.07) is 14.6. The number of hydrogen-bond acceptors (Lipinski definition) is 6. The zero-order valence-corrected chi connectivity index (χ0v) is 22.3. The number of amides is 2. The molecule has 2 aromatic rings. The summed E-state index contributed by atoms with van der Waals surface area (Å²) < 4.78 is 33.2. The normalized spacial score (nSPS) is 13.5. The lowest BCUT2D eigenvalue weighted by molar-refractivity contribution is -0.133. The van der Waals surface area contributed by atoms with Crippen molar-refractivity contribution in [2.75, 3.05) is 13.1 Å². The van der Waals surface area contributed by atoms with Crippen LogP contribution in [0.1, 0.15) is 45.2 Å². The van der Waals surface area contributed by atoms with E-state index >= 15 is 0 Å². The van der Waals surface area contributed by atoms with Crippen LogP contribution in [0.3, 0.4) is 0 Å². The van der Waals surface area contributed by atoms with Crippen LogP contribution in [0.4, 0.5) is 4.79 Å². The second-order valence-corrected chi connectivity index (χ2v) is 11.4. The number of carbonyl (C=O) groups excluding carboxylic acids is 2. The first-order valence-corrected chi connectivity index (χ1v) is 13.3. The molecule has 0 saturated carbocycles.